The van der Waals surface area contributed by atoms with Gasteiger partial charge in [0.25, 0.3) is 0 Å². The van der Waals surface area contributed by atoms with Gasteiger partial charge in [-0.1, -0.05) is 31.5 Å². The van der Waals surface area contributed by atoms with Gasteiger partial charge in [0, 0.05) is 24.9 Å². The summed E-state index contributed by atoms with van der Waals surface area (Å²) in [5.41, 5.74) is 2.29. The standard InChI is InChI=1S/C24H33N5O2/c1-6-7-14-19-28-20-21(17-12-8-9-13-18(17)27-22(20)25-5)29(19)16-11-10-15-26-23(30)31-24(2,3)4/h8-9,12-13H,5-7,10-11,14-16H2,1-4H3,(H,26,30). The van der Waals surface area contributed by atoms with Gasteiger partial charge in [-0.2, -0.15) is 0 Å². The number of nitrogens with zero attached hydrogens (tertiary/aromatic N) is 4. The maximum atomic E-state index is 11.8. The van der Waals surface area contributed by atoms with Gasteiger partial charge < -0.3 is 14.6 Å². The van der Waals surface area contributed by atoms with Crippen molar-refractivity contribution in [1.82, 2.24) is 19.9 Å². The first-order valence-electron chi connectivity index (χ1n) is 11.1. The van der Waals surface area contributed by atoms with Crippen LogP contribution in [0.4, 0.5) is 10.6 Å². The molecule has 7 heteroatoms. The summed E-state index contributed by atoms with van der Waals surface area (Å²) < 4.78 is 7.60. The topological polar surface area (TPSA) is 81.4 Å². The van der Waals surface area contributed by atoms with Crippen LogP contribution in [0.15, 0.2) is 29.3 Å². The molecule has 3 aromatic rings. The Hall–Kier alpha value is -2.96. The Bertz CT molecular complexity index is 1070. The van der Waals surface area contributed by atoms with E-state index in [1.54, 1.807) is 0 Å². The fourth-order valence-corrected chi connectivity index (χ4v) is 3.64. The Morgan fingerprint density at radius 3 is 2.68 bits per heavy atom. The molecular formula is C24H33N5O2. The predicted octanol–water partition coefficient (Wildman–Crippen LogP) is 5.56. The first kappa shape index (κ1) is 22.7. The molecule has 1 aromatic carbocycles. The normalized spacial score (nSPS) is 11.7. The number of aryl methyl sites for hydroxylation is 2. The lowest BCUT2D eigenvalue weighted by Gasteiger charge is -2.19. The smallest absolute Gasteiger partial charge is 0.407 e. The number of hydrogen-bond acceptors (Lipinski definition) is 5. The highest BCUT2D eigenvalue weighted by Gasteiger charge is 2.18. The molecule has 0 saturated carbocycles. The van der Waals surface area contributed by atoms with Gasteiger partial charge in [-0.3, -0.25) is 0 Å². The fourth-order valence-electron chi connectivity index (χ4n) is 3.64. The Balaban J connectivity index is 1.82. The van der Waals surface area contributed by atoms with Crippen molar-refractivity contribution in [2.24, 2.45) is 4.99 Å². The summed E-state index contributed by atoms with van der Waals surface area (Å²) in [6, 6.07) is 8.09. The summed E-state index contributed by atoms with van der Waals surface area (Å²) in [7, 11) is 0. The van der Waals surface area contributed by atoms with Gasteiger partial charge in [0.15, 0.2) is 5.82 Å². The average molecular weight is 424 g/mol. The molecule has 0 radical (unpaired) electrons. The second-order valence-electron chi connectivity index (χ2n) is 8.73. The summed E-state index contributed by atoms with van der Waals surface area (Å²) in [6.07, 6.45) is 4.48. The van der Waals surface area contributed by atoms with E-state index in [0.29, 0.717) is 12.4 Å². The molecule has 2 aromatic heterocycles. The molecule has 7 nitrogen and oxygen atoms in total. The molecule has 31 heavy (non-hydrogen) atoms. The van der Waals surface area contributed by atoms with Crippen LogP contribution in [-0.4, -0.2) is 39.5 Å². The molecule has 0 spiro atoms. The van der Waals surface area contributed by atoms with Gasteiger partial charge in [-0.05, 0) is 52.8 Å². The summed E-state index contributed by atoms with van der Waals surface area (Å²) in [6.45, 7) is 12.9. The van der Waals surface area contributed by atoms with E-state index in [4.69, 9.17) is 9.72 Å². The number of benzene rings is 1. The minimum absolute atomic E-state index is 0.372. The van der Waals surface area contributed by atoms with E-state index in [2.05, 4.69) is 39.6 Å². The van der Waals surface area contributed by atoms with E-state index in [-0.39, 0.29) is 6.09 Å². The Labute approximate surface area is 183 Å². The maximum Gasteiger partial charge on any atom is 0.407 e. The minimum Gasteiger partial charge on any atom is -0.444 e. The van der Waals surface area contributed by atoms with E-state index in [9.17, 15) is 4.79 Å². The second-order valence-corrected chi connectivity index (χ2v) is 8.73. The predicted molar refractivity (Wildman–Crippen MR) is 126 cm³/mol. The zero-order valence-electron chi connectivity index (χ0n) is 19.1. The summed E-state index contributed by atoms with van der Waals surface area (Å²) in [5.74, 6) is 1.64. The zero-order chi connectivity index (χ0) is 22.4. The lowest BCUT2D eigenvalue weighted by atomic mass is 10.1. The van der Waals surface area contributed by atoms with E-state index < -0.39 is 5.60 Å². The largest absolute Gasteiger partial charge is 0.444 e. The van der Waals surface area contributed by atoms with Crippen LogP contribution in [0.2, 0.25) is 0 Å². The number of nitrogens with one attached hydrogen (secondary N) is 1. The van der Waals surface area contributed by atoms with Crippen LogP contribution in [-0.2, 0) is 17.7 Å². The first-order valence-corrected chi connectivity index (χ1v) is 11.1. The van der Waals surface area contributed by atoms with Crippen molar-refractivity contribution in [3.05, 3.63) is 30.1 Å². The van der Waals surface area contributed by atoms with Gasteiger partial charge in [-0.25, -0.2) is 19.8 Å². The number of carbonyl (C=O) groups excluding carboxylic acids is 1. The maximum absolute atomic E-state index is 11.8. The molecule has 1 amide bonds. The highest BCUT2D eigenvalue weighted by atomic mass is 16.6. The molecule has 0 saturated heterocycles. The van der Waals surface area contributed by atoms with E-state index in [1.807, 2.05) is 39.0 Å². The quantitative estimate of drug-likeness (QED) is 0.361. The van der Waals surface area contributed by atoms with Crippen LogP contribution in [0.1, 0.15) is 59.2 Å². The highest BCUT2D eigenvalue weighted by molar-refractivity contribution is 6.06. The number of rotatable bonds is 9. The highest BCUT2D eigenvalue weighted by Crippen LogP contribution is 2.32. The average Bonchev–Trinajstić information content (AvgIpc) is 3.08. The van der Waals surface area contributed by atoms with Crippen LogP contribution >= 0.6 is 0 Å². The van der Waals surface area contributed by atoms with Gasteiger partial charge in [0.1, 0.15) is 16.9 Å². The third-order valence-corrected chi connectivity index (χ3v) is 5.02. The third-order valence-electron chi connectivity index (χ3n) is 5.02. The molecule has 0 atom stereocenters. The van der Waals surface area contributed by atoms with Crippen LogP contribution < -0.4 is 5.32 Å². The lowest BCUT2D eigenvalue weighted by Crippen LogP contribution is -2.33. The third kappa shape index (κ3) is 5.60. The van der Waals surface area contributed by atoms with Gasteiger partial charge in [0.05, 0.1) is 11.0 Å². The number of carbonyl (C=O) groups is 1. The number of amides is 1. The van der Waals surface area contributed by atoms with E-state index in [0.717, 1.165) is 66.4 Å². The number of ether oxygens (including phenoxy) is 1. The van der Waals surface area contributed by atoms with Gasteiger partial charge in [-0.15, -0.1) is 0 Å². The van der Waals surface area contributed by atoms with Crippen molar-refractivity contribution in [1.29, 1.82) is 0 Å². The van der Waals surface area contributed by atoms with E-state index >= 15 is 0 Å². The molecule has 0 aliphatic heterocycles. The zero-order valence-corrected chi connectivity index (χ0v) is 19.1. The number of aromatic nitrogens is 3. The van der Waals surface area contributed by atoms with Crippen molar-refractivity contribution in [2.75, 3.05) is 6.54 Å². The molecule has 3 rings (SSSR count). The van der Waals surface area contributed by atoms with Crippen molar-refractivity contribution >= 4 is 40.6 Å². The van der Waals surface area contributed by atoms with Crippen LogP contribution in [0.5, 0.6) is 0 Å². The number of imidazole rings is 1. The molecule has 2 heterocycles. The summed E-state index contributed by atoms with van der Waals surface area (Å²) in [4.78, 5) is 25.6. The lowest BCUT2D eigenvalue weighted by molar-refractivity contribution is 0.0527. The van der Waals surface area contributed by atoms with Gasteiger partial charge in [0.2, 0.25) is 0 Å². The molecule has 0 fully saturated rings. The first-order chi connectivity index (χ1) is 14.8. The molecule has 0 aliphatic carbocycles. The van der Waals surface area contributed by atoms with E-state index in [1.165, 1.54) is 0 Å². The molecular weight excluding hydrogens is 390 g/mol. The summed E-state index contributed by atoms with van der Waals surface area (Å²) in [5, 5.41) is 3.91. The van der Waals surface area contributed by atoms with Crippen molar-refractivity contribution in [2.45, 2.75) is 71.9 Å². The Kier molecular flexibility index (Phi) is 7.25. The molecule has 0 aliphatic rings. The Morgan fingerprint density at radius 2 is 1.97 bits per heavy atom. The number of para-hydroxylation sites is 1. The van der Waals surface area contributed by atoms with Crippen molar-refractivity contribution < 1.29 is 9.53 Å². The van der Waals surface area contributed by atoms with Crippen LogP contribution in [0.25, 0.3) is 21.9 Å². The number of unbranched alkanes of at least 4 members (excludes halogenated alkanes) is 2. The Morgan fingerprint density at radius 1 is 1.19 bits per heavy atom. The van der Waals surface area contributed by atoms with Crippen molar-refractivity contribution in [3.8, 4) is 0 Å². The minimum atomic E-state index is -0.486. The van der Waals surface area contributed by atoms with Crippen molar-refractivity contribution in [3.63, 3.8) is 0 Å². The molecule has 0 bridgehead atoms. The summed E-state index contributed by atoms with van der Waals surface area (Å²) >= 11 is 0. The number of hydrogen-bond donors (Lipinski definition) is 1. The molecule has 166 valence electrons. The number of aliphatic imine (C=N–C) groups is 1. The van der Waals surface area contributed by atoms with Gasteiger partial charge >= 0.3 is 6.09 Å². The van der Waals surface area contributed by atoms with Crippen LogP contribution in [0, 0.1) is 0 Å². The molecule has 0 unspecified atom stereocenters. The number of fused-ring (bicyclic) bond motifs is 3. The molecule has 1 N–H and O–H groups in total. The fraction of sp³-hybridized carbons (Fsp3) is 0.500. The van der Waals surface area contributed by atoms with Crippen LogP contribution in [0.3, 0.4) is 0 Å². The SMILES string of the molecule is C=Nc1nc2ccccc2c2c1nc(CCCC)n2CCCCNC(=O)OC(C)(C)C. The second kappa shape index (κ2) is 9.90. The monoisotopic (exact) mass is 423 g/mol. The number of alkyl carbamates (subject to hydrolysis) is 1. The number of pyridine rings is 1.